The van der Waals surface area contributed by atoms with Crippen LogP contribution >= 0.6 is 0 Å². The highest BCUT2D eigenvalue weighted by atomic mass is 19.1. The highest BCUT2D eigenvalue weighted by Crippen LogP contribution is 2.23. The van der Waals surface area contributed by atoms with Crippen molar-refractivity contribution in [3.8, 4) is 0 Å². The zero-order valence-electron chi connectivity index (χ0n) is 7.47. The van der Waals surface area contributed by atoms with E-state index in [0.717, 1.165) is 6.42 Å². The molecule has 1 unspecified atom stereocenters. The van der Waals surface area contributed by atoms with Crippen molar-refractivity contribution in [2.24, 2.45) is 5.73 Å². The van der Waals surface area contributed by atoms with Crippen LogP contribution in [0, 0.1) is 5.82 Å². The van der Waals surface area contributed by atoms with Crippen LogP contribution in [0.1, 0.15) is 25.8 Å². The summed E-state index contributed by atoms with van der Waals surface area (Å²) in [6, 6.07) is 6.65. The maximum atomic E-state index is 13.2. The first kappa shape index (κ1) is 9.20. The number of halogens is 1. The molecule has 1 nitrogen and oxygen atoms in total. The Hall–Kier alpha value is -0.890. The molecular formula is C10H14FN. The van der Waals surface area contributed by atoms with E-state index in [1.165, 1.54) is 6.07 Å². The van der Waals surface area contributed by atoms with Crippen LogP contribution in [0.5, 0.6) is 0 Å². The standard InChI is InChI=1S/C10H14FN/c1-3-10(2,12)8-6-4-5-7-9(8)11/h4-7H,3,12H2,1-2H3. The summed E-state index contributed by atoms with van der Waals surface area (Å²) in [7, 11) is 0. The van der Waals surface area contributed by atoms with Gasteiger partial charge in [-0.1, -0.05) is 25.1 Å². The molecule has 0 aromatic heterocycles. The molecule has 12 heavy (non-hydrogen) atoms. The van der Waals surface area contributed by atoms with E-state index in [1.807, 2.05) is 13.8 Å². The van der Waals surface area contributed by atoms with E-state index in [1.54, 1.807) is 18.2 Å². The lowest BCUT2D eigenvalue weighted by Gasteiger charge is -2.23. The minimum absolute atomic E-state index is 0.218. The second-order valence-corrected chi connectivity index (χ2v) is 3.25. The van der Waals surface area contributed by atoms with Gasteiger partial charge in [-0.25, -0.2) is 4.39 Å². The molecule has 0 aliphatic rings. The number of hydrogen-bond donors (Lipinski definition) is 1. The topological polar surface area (TPSA) is 26.0 Å². The fraction of sp³-hybridized carbons (Fsp3) is 0.400. The van der Waals surface area contributed by atoms with E-state index in [4.69, 9.17) is 5.73 Å². The first-order valence-electron chi connectivity index (χ1n) is 4.12. The number of nitrogens with two attached hydrogens (primary N) is 1. The van der Waals surface area contributed by atoms with Gasteiger partial charge >= 0.3 is 0 Å². The molecule has 0 radical (unpaired) electrons. The van der Waals surface area contributed by atoms with Crippen LogP contribution < -0.4 is 5.73 Å². The van der Waals surface area contributed by atoms with Crippen molar-refractivity contribution in [1.29, 1.82) is 0 Å². The zero-order valence-corrected chi connectivity index (χ0v) is 7.47. The van der Waals surface area contributed by atoms with Gasteiger partial charge in [0.25, 0.3) is 0 Å². The summed E-state index contributed by atoms with van der Waals surface area (Å²) in [6.07, 6.45) is 0.730. The highest BCUT2D eigenvalue weighted by molar-refractivity contribution is 5.24. The van der Waals surface area contributed by atoms with Crippen LogP contribution in [0.3, 0.4) is 0 Å². The van der Waals surface area contributed by atoms with Crippen molar-refractivity contribution in [3.63, 3.8) is 0 Å². The van der Waals surface area contributed by atoms with Crippen molar-refractivity contribution in [1.82, 2.24) is 0 Å². The van der Waals surface area contributed by atoms with Crippen molar-refractivity contribution in [2.45, 2.75) is 25.8 Å². The SMILES string of the molecule is CCC(C)(N)c1ccccc1F. The monoisotopic (exact) mass is 167 g/mol. The Morgan fingerprint density at radius 1 is 1.42 bits per heavy atom. The molecule has 0 saturated carbocycles. The molecule has 1 rings (SSSR count). The van der Waals surface area contributed by atoms with E-state index in [9.17, 15) is 4.39 Å². The third-order valence-electron chi connectivity index (χ3n) is 2.22. The summed E-state index contributed by atoms with van der Waals surface area (Å²) < 4.78 is 13.2. The van der Waals surface area contributed by atoms with E-state index in [-0.39, 0.29) is 5.82 Å². The molecule has 2 heteroatoms. The second-order valence-electron chi connectivity index (χ2n) is 3.25. The van der Waals surface area contributed by atoms with Crippen molar-refractivity contribution >= 4 is 0 Å². The third kappa shape index (κ3) is 1.64. The first-order valence-corrected chi connectivity index (χ1v) is 4.12. The molecule has 0 heterocycles. The Bertz CT molecular complexity index is 268. The lowest BCUT2D eigenvalue weighted by molar-refractivity contribution is 0.446. The van der Waals surface area contributed by atoms with Gasteiger partial charge < -0.3 is 5.73 Å². The van der Waals surface area contributed by atoms with Crippen molar-refractivity contribution in [3.05, 3.63) is 35.6 Å². The Morgan fingerprint density at radius 3 is 2.50 bits per heavy atom. The predicted octanol–water partition coefficient (Wildman–Crippen LogP) is 2.41. The average molecular weight is 167 g/mol. The normalized spacial score (nSPS) is 15.7. The van der Waals surface area contributed by atoms with Crippen LogP contribution in [-0.4, -0.2) is 0 Å². The van der Waals surface area contributed by atoms with Gasteiger partial charge in [0, 0.05) is 11.1 Å². The highest BCUT2D eigenvalue weighted by Gasteiger charge is 2.21. The molecule has 0 aliphatic carbocycles. The maximum Gasteiger partial charge on any atom is 0.128 e. The summed E-state index contributed by atoms with van der Waals surface area (Å²) >= 11 is 0. The van der Waals surface area contributed by atoms with E-state index in [2.05, 4.69) is 0 Å². The maximum absolute atomic E-state index is 13.2. The molecule has 0 aliphatic heterocycles. The summed E-state index contributed by atoms with van der Waals surface area (Å²) in [5.74, 6) is -0.218. The van der Waals surface area contributed by atoms with Gasteiger partial charge in [0.2, 0.25) is 0 Å². The summed E-state index contributed by atoms with van der Waals surface area (Å²) in [6.45, 7) is 3.79. The summed E-state index contributed by atoms with van der Waals surface area (Å²) in [5, 5.41) is 0. The summed E-state index contributed by atoms with van der Waals surface area (Å²) in [5.41, 5.74) is 5.94. The molecule has 1 aromatic carbocycles. The van der Waals surface area contributed by atoms with E-state index >= 15 is 0 Å². The number of benzene rings is 1. The first-order chi connectivity index (χ1) is 5.58. The number of hydrogen-bond acceptors (Lipinski definition) is 1. The smallest absolute Gasteiger partial charge is 0.128 e. The molecule has 0 spiro atoms. The summed E-state index contributed by atoms with van der Waals surface area (Å²) in [4.78, 5) is 0. The van der Waals surface area contributed by atoms with Gasteiger partial charge in [-0.3, -0.25) is 0 Å². The van der Waals surface area contributed by atoms with Crippen molar-refractivity contribution < 1.29 is 4.39 Å². The molecule has 2 N–H and O–H groups in total. The lowest BCUT2D eigenvalue weighted by atomic mass is 9.90. The van der Waals surface area contributed by atoms with E-state index < -0.39 is 5.54 Å². The molecule has 0 saturated heterocycles. The molecular weight excluding hydrogens is 153 g/mol. The van der Waals surface area contributed by atoms with Gasteiger partial charge in [-0.2, -0.15) is 0 Å². The minimum atomic E-state index is -0.550. The molecule has 1 atom stereocenters. The van der Waals surface area contributed by atoms with Gasteiger partial charge in [0.15, 0.2) is 0 Å². The fourth-order valence-corrected chi connectivity index (χ4v) is 1.11. The fourth-order valence-electron chi connectivity index (χ4n) is 1.11. The predicted molar refractivity (Wildman–Crippen MR) is 48.2 cm³/mol. The Kier molecular flexibility index (Phi) is 2.48. The Balaban J connectivity index is 3.10. The molecule has 0 bridgehead atoms. The third-order valence-corrected chi connectivity index (χ3v) is 2.22. The molecule has 0 fully saturated rings. The van der Waals surface area contributed by atoms with Gasteiger partial charge in [0.1, 0.15) is 5.82 Å². The van der Waals surface area contributed by atoms with Crippen LogP contribution in [0.4, 0.5) is 4.39 Å². The lowest BCUT2D eigenvalue weighted by Crippen LogP contribution is -2.32. The number of rotatable bonds is 2. The van der Waals surface area contributed by atoms with Crippen LogP contribution in [0.15, 0.2) is 24.3 Å². The van der Waals surface area contributed by atoms with Crippen molar-refractivity contribution in [2.75, 3.05) is 0 Å². The van der Waals surface area contributed by atoms with Gasteiger partial charge in [0.05, 0.1) is 0 Å². The minimum Gasteiger partial charge on any atom is -0.322 e. The van der Waals surface area contributed by atoms with Crippen LogP contribution in [0.2, 0.25) is 0 Å². The van der Waals surface area contributed by atoms with Crippen LogP contribution in [-0.2, 0) is 5.54 Å². The molecule has 0 amide bonds. The van der Waals surface area contributed by atoms with E-state index in [0.29, 0.717) is 5.56 Å². The zero-order chi connectivity index (χ0) is 9.19. The van der Waals surface area contributed by atoms with Crippen LogP contribution in [0.25, 0.3) is 0 Å². The van der Waals surface area contributed by atoms with Gasteiger partial charge in [-0.15, -0.1) is 0 Å². The average Bonchev–Trinajstić information content (AvgIpc) is 2.05. The Morgan fingerprint density at radius 2 is 2.00 bits per heavy atom. The molecule has 66 valence electrons. The quantitative estimate of drug-likeness (QED) is 0.719. The van der Waals surface area contributed by atoms with Gasteiger partial charge in [-0.05, 0) is 19.4 Å². The Labute approximate surface area is 72.4 Å². The largest absolute Gasteiger partial charge is 0.322 e. The molecule has 1 aromatic rings. The second kappa shape index (κ2) is 3.23.